The van der Waals surface area contributed by atoms with Crippen LogP contribution < -0.4 is 4.90 Å². The molecule has 1 amide bonds. The van der Waals surface area contributed by atoms with E-state index in [0.717, 1.165) is 11.0 Å². The van der Waals surface area contributed by atoms with Gasteiger partial charge in [0.15, 0.2) is 0 Å². The topological polar surface area (TPSA) is 32.7 Å². The van der Waals surface area contributed by atoms with Gasteiger partial charge in [-0.2, -0.15) is 26.3 Å². The summed E-state index contributed by atoms with van der Waals surface area (Å²) >= 11 is 6.23. The van der Waals surface area contributed by atoms with Crippen molar-refractivity contribution < 1.29 is 35.5 Å². The smallest absolute Gasteiger partial charge is 0.268 e. The van der Waals surface area contributed by atoms with Gasteiger partial charge in [0.1, 0.15) is 5.84 Å². The Morgan fingerprint density at radius 2 is 1.56 bits per heavy atom. The van der Waals surface area contributed by atoms with Crippen LogP contribution in [0.4, 0.5) is 36.4 Å². The number of halogens is 8. The molecule has 0 fully saturated rings. The summed E-state index contributed by atoms with van der Waals surface area (Å²) in [6.45, 7) is 4.60. The fourth-order valence-electron chi connectivity index (χ4n) is 3.46. The highest BCUT2D eigenvalue weighted by molar-refractivity contribution is 6.43. The molecule has 0 atom stereocenters. The second kappa shape index (κ2) is 7.75. The molecule has 0 N–H and O–H groups in total. The first-order valence-corrected chi connectivity index (χ1v) is 9.63. The highest BCUT2D eigenvalue weighted by Gasteiger charge is 2.73. The SMILES string of the molecule is Cc1cc(C(F)(C(F)(F)F)C(F)(F)F)ccc1N1C(=O)c2cccc(Cl)c2C1=NC(C)C. The van der Waals surface area contributed by atoms with Crippen LogP contribution in [-0.4, -0.2) is 30.1 Å². The third-order valence-corrected chi connectivity index (χ3v) is 5.19. The number of aliphatic imine (C=N–C) groups is 1. The molecule has 0 aliphatic carbocycles. The van der Waals surface area contributed by atoms with E-state index in [4.69, 9.17) is 11.6 Å². The van der Waals surface area contributed by atoms with Crippen molar-refractivity contribution >= 4 is 29.0 Å². The van der Waals surface area contributed by atoms with Gasteiger partial charge in [0.05, 0.1) is 16.3 Å². The number of benzene rings is 2. The van der Waals surface area contributed by atoms with Crippen LogP contribution in [0, 0.1) is 6.92 Å². The number of anilines is 1. The van der Waals surface area contributed by atoms with Crippen molar-refractivity contribution in [2.75, 3.05) is 4.90 Å². The van der Waals surface area contributed by atoms with E-state index in [9.17, 15) is 35.5 Å². The molecule has 0 unspecified atom stereocenters. The number of rotatable bonds is 3. The van der Waals surface area contributed by atoms with Crippen molar-refractivity contribution in [3.8, 4) is 0 Å². The maximum absolute atomic E-state index is 14.4. The van der Waals surface area contributed by atoms with Gasteiger partial charge in [0.2, 0.25) is 0 Å². The summed E-state index contributed by atoms with van der Waals surface area (Å²) in [6.07, 6.45) is -12.5. The molecule has 0 radical (unpaired) electrons. The van der Waals surface area contributed by atoms with Crippen LogP contribution in [0.15, 0.2) is 41.4 Å². The molecular weight excluding hydrogens is 465 g/mol. The third kappa shape index (κ3) is 3.64. The van der Waals surface area contributed by atoms with Gasteiger partial charge >= 0.3 is 18.0 Å². The van der Waals surface area contributed by atoms with Gasteiger partial charge < -0.3 is 0 Å². The molecule has 2 aromatic carbocycles. The molecule has 0 aromatic heterocycles. The normalized spacial score (nSPS) is 16.3. The molecule has 1 aliphatic rings. The Morgan fingerprint density at radius 1 is 0.969 bits per heavy atom. The van der Waals surface area contributed by atoms with E-state index < -0.39 is 29.5 Å². The largest absolute Gasteiger partial charge is 0.435 e. The van der Waals surface area contributed by atoms with Gasteiger partial charge in [-0.1, -0.05) is 29.8 Å². The van der Waals surface area contributed by atoms with Gasteiger partial charge in [-0.25, -0.2) is 4.39 Å². The number of alkyl halides is 7. The third-order valence-electron chi connectivity index (χ3n) is 4.88. The van der Waals surface area contributed by atoms with E-state index in [1.165, 1.54) is 25.1 Å². The molecule has 1 aliphatic heterocycles. The van der Waals surface area contributed by atoms with Crippen LogP contribution in [0.25, 0.3) is 0 Å². The van der Waals surface area contributed by atoms with Crippen LogP contribution in [-0.2, 0) is 5.67 Å². The van der Waals surface area contributed by atoms with E-state index in [1.54, 1.807) is 13.8 Å². The molecule has 3 rings (SSSR count). The summed E-state index contributed by atoms with van der Waals surface area (Å²) < 4.78 is 93.2. The lowest BCUT2D eigenvalue weighted by molar-refractivity contribution is -0.348. The Bertz CT molecular complexity index is 1090. The van der Waals surface area contributed by atoms with Gasteiger partial charge in [-0.3, -0.25) is 14.7 Å². The number of carbonyl (C=O) groups is 1. The molecule has 0 saturated heterocycles. The van der Waals surface area contributed by atoms with Crippen molar-refractivity contribution in [1.29, 1.82) is 0 Å². The van der Waals surface area contributed by atoms with E-state index in [0.29, 0.717) is 17.7 Å². The second-order valence-electron chi connectivity index (χ2n) is 7.50. The predicted molar refractivity (Wildman–Crippen MR) is 106 cm³/mol. The number of carbonyl (C=O) groups excluding carboxylic acids is 1. The first-order chi connectivity index (χ1) is 14.6. The lowest BCUT2D eigenvalue weighted by Crippen LogP contribution is -2.50. The average Bonchev–Trinajstić information content (AvgIpc) is 2.92. The summed E-state index contributed by atoms with van der Waals surface area (Å²) in [6, 6.07) is 5.83. The number of fused-ring (bicyclic) bond motifs is 1. The molecular formula is C21H16ClF7N2O. The fourth-order valence-corrected chi connectivity index (χ4v) is 3.72. The highest BCUT2D eigenvalue weighted by atomic mass is 35.5. The van der Waals surface area contributed by atoms with E-state index in [1.807, 2.05) is 0 Å². The predicted octanol–water partition coefficient (Wildman–Crippen LogP) is 6.75. The molecule has 1 heterocycles. The zero-order valence-corrected chi connectivity index (χ0v) is 17.6. The van der Waals surface area contributed by atoms with Crippen LogP contribution in [0.5, 0.6) is 0 Å². The van der Waals surface area contributed by atoms with Gasteiger partial charge in [-0.05, 0) is 44.5 Å². The molecule has 2 aromatic rings. The van der Waals surface area contributed by atoms with Crippen molar-refractivity contribution in [1.82, 2.24) is 0 Å². The van der Waals surface area contributed by atoms with Crippen molar-refractivity contribution in [3.63, 3.8) is 0 Å². The van der Waals surface area contributed by atoms with E-state index in [2.05, 4.69) is 4.99 Å². The van der Waals surface area contributed by atoms with E-state index in [-0.39, 0.29) is 33.7 Å². The summed E-state index contributed by atoms with van der Waals surface area (Å²) in [5.41, 5.74) is -6.97. The Morgan fingerprint density at radius 3 is 2.06 bits per heavy atom. The molecule has 11 heteroatoms. The summed E-state index contributed by atoms with van der Waals surface area (Å²) in [4.78, 5) is 18.5. The molecule has 0 saturated carbocycles. The maximum atomic E-state index is 14.4. The Kier molecular flexibility index (Phi) is 5.82. The Labute approximate surface area is 183 Å². The summed E-state index contributed by atoms with van der Waals surface area (Å²) in [7, 11) is 0. The average molecular weight is 481 g/mol. The quantitative estimate of drug-likeness (QED) is 0.447. The molecule has 0 spiro atoms. The standard InChI is InChI=1S/C21H16ClF7N2O/c1-10(2)30-17-16-13(5-4-6-14(16)22)18(32)31(17)15-8-7-12(9-11(15)3)19(23,20(24,25)26)21(27,28)29/h4-10H,1-3H3. The molecule has 0 bridgehead atoms. The number of hydrogen-bond acceptors (Lipinski definition) is 2. The van der Waals surface area contributed by atoms with Crippen LogP contribution >= 0.6 is 11.6 Å². The van der Waals surface area contributed by atoms with Crippen LogP contribution in [0.3, 0.4) is 0 Å². The van der Waals surface area contributed by atoms with Gasteiger partial charge in [-0.15, -0.1) is 0 Å². The first-order valence-electron chi connectivity index (χ1n) is 9.26. The summed E-state index contributed by atoms with van der Waals surface area (Å²) in [5.74, 6) is -0.518. The maximum Gasteiger partial charge on any atom is 0.435 e. The lowest BCUT2D eigenvalue weighted by atomic mass is 9.92. The number of nitrogens with zero attached hydrogens (tertiary/aromatic N) is 2. The number of aryl methyl sites for hydroxylation is 1. The molecule has 32 heavy (non-hydrogen) atoms. The van der Waals surface area contributed by atoms with Crippen molar-refractivity contribution in [2.24, 2.45) is 4.99 Å². The minimum atomic E-state index is -6.24. The fraction of sp³-hybridized carbons (Fsp3) is 0.333. The van der Waals surface area contributed by atoms with Gasteiger partial charge in [0, 0.05) is 17.2 Å². The monoisotopic (exact) mass is 480 g/mol. The zero-order chi connectivity index (χ0) is 24.2. The second-order valence-corrected chi connectivity index (χ2v) is 7.91. The zero-order valence-electron chi connectivity index (χ0n) is 16.9. The minimum absolute atomic E-state index is 0.0443. The van der Waals surface area contributed by atoms with Gasteiger partial charge in [0.25, 0.3) is 5.91 Å². The van der Waals surface area contributed by atoms with Crippen LogP contribution in [0.1, 0.15) is 40.9 Å². The van der Waals surface area contributed by atoms with E-state index >= 15 is 0 Å². The number of amides is 1. The lowest BCUT2D eigenvalue weighted by Gasteiger charge is -2.31. The van der Waals surface area contributed by atoms with Crippen molar-refractivity contribution in [3.05, 3.63) is 63.7 Å². The molecule has 172 valence electrons. The van der Waals surface area contributed by atoms with Crippen molar-refractivity contribution in [2.45, 2.75) is 44.8 Å². The number of hydrogen-bond donors (Lipinski definition) is 0. The Hall–Kier alpha value is -2.62. The highest BCUT2D eigenvalue weighted by Crippen LogP contribution is 2.53. The minimum Gasteiger partial charge on any atom is -0.268 e. The molecule has 3 nitrogen and oxygen atoms in total. The first kappa shape index (κ1) is 24.0. The number of amidine groups is 1. The summed E-state index contributed by atoms with van der Waals surface area (Å²) in [5, 5.41) is 0.198. The van der Waals surface area contributed by atoms with Crippen LogP contribution in [0.2, 0.25) is 5.02 Å². The Balaban J connectivity index is 2.20.